The molecule has 0 radical (unpaired) electrons. The van der Waals surface area contributed by atoms with E-state index >= 15 is 0 Å². The molecule has 0 aliphatic rings. The lowest BCUT2D eigenvalue weighted by molar-refractivity contribution is -0.432. The van der Waals surface area contributed by atoms with Gasteiger partial charge in [-0.25, -0.2) is 5.26 Å². The van der Waals surface area contributed by atoms with Gasteiger partial charge in [-0.1, -0.05) is 29.3 Å². The van der Waals surface area contributed by atoms with Gasteiger partial charge in [-0.15, -0.1) is 4.33 Å². The van der Waals surface area contributed by atoms with E-state index in [2.05, 4.69) is 19.6 Å². The number of fused-ring (bicyclic) bond motifs is 1. The van der Waals surface area contributed by atoms with Gasteiger partial charge in [-0.2, -0.15) is 10.2 Å². The van der Waals surface area contributed by atoms with Crippen molar-refractivity contribution in [2.45, 2.75) is 4.90 Å². The molecule has 0 amide bonds. The van der Waals surface area contributed by atoms with Crippen LogP contribution in [0.15, 0.2) is 45.5 Å². The molecule has 0 unspecified atom stereocenters. The maximum absolute atomic E-state index is 10.1. The van der Waals surface area contributed by atoms with E-state index in [1.165, 1.54) is 7.05 Å². The summed E-state index contributed by atoms with van der Waals surface area (Å²) in [4.78, 5) is 0.478. The Morgan fingerprint density at radius 1 is 1.28 bits per heavy atom. The number of benzene rings is 2. The standard InChI is InChI=1S/C11H10N2O4S/c1-12-13-10-9(18-17-16-15)6-7-4-2-3-5-8(7)11(10)14/h2-6,14-15H,1H3. The number of hydrogen-bond acceptors (Lipinski definition) is 7. The summed E-state index contributed by atoms with van der Waals surface area (Å²) in [6.07, 6.45) is 0. The van der Waals surface area contributed by atoms with Gasteiger partial charge in [0.15, 0.2) is 5.75 Å². The highest BCUT2D eigenvalue weighted by atomic mass is 32.2. The SMILES string of the molecule is CN=Nc1c(SOOO)cc2ccccc2c1O. The zero-order valence-electron chi connectivity index (χ0n) is 9.40. The van der Waals surface area contributed by atoms with Crippen molar-refractivity contribution in [1.82, 2.24) is 0 Å². The van der Waals surface area contributed by atoms with E-state index < -0.39 is 0 Å². The van der Waals surface area contributed by atoms with Crippen LogP contribution < -0.4 is 0 Å². The maximum Gasteiger partial charge on any atom is 0.152 e. The normalized spacial score (nSPS) is 11.4. The van der Waals surface area contributed by atoms with Crippen LogP contribution in [0.3, 0.4) is 0 Å². The Bertz CT molecular complexity index is 589. The van der Waals surface area contributed by atoms with Crippen LogP contribution >= 0.6 is 12.0 Å². The lowest BCUT2D eigenvalue weighted by atomic mass is 10.1. The minimum absolute atomic E-state index is 0.00254. The minimum atomic E-state index is 0.00254. The molecule has 0 fully saturated rings. The van der Waals surface area contributed by atoms with Crippen LogP contribution in [0.4, 0.5) is 5.69 Å². The Hall–Kier alpha value is -1.67. The first-order chi connectivity index (χ1) is 8.77. The molecule has 2 N–H and O–H groups in total. The molecule has 6 nitrogen and oxygen atoms in total. The molecule has 18 heavy (non-hydrogen) atoms. The monoisotopic (exact) mass is 266 g/mol. The molecule has 0 aliphatic heterocycles. The molecule has 0 saturated heterocycles. The van der Waals surface area contributed by atoms with Crippen molar-refractivity contribution in [3.63, 3.8) is 0 Å². The number of aromatic hydroxyl groups is 1. The number of phenols is 1. The van der Waals surface area contributed by atoms with Gasteiger partial charge < -0.3 is 5.11 Å². The van der Waals surface area contributed by atoms with Crippen molar-refractivity contribution >= 4 is 28.5 Å². The second-order valence-corrected chi connectivity index (χ2v) is 4.06. The Balaban J connectivity index is 2.62. The summed E-state index contributed by atoms with van der Waals surface area (Å²) in [6.45, 7) is 0. The van der Waals surface area contributed by atoms with Crippen LogP contribution in [0.25, 0.3) is 10.8 Å². The summed E-state index contributed by atoms with van der Waals surface area (Å²) in [7, 11) is 1.49. The predicted molar refractivity (Wildman–Crippen MR) is 66.7 cm³/mol. The van der Waals surface area contributed by atoms with E-state index in [-0.39, 0.29) is 11.4 Å². The Kier molecular flexibility index (Phi) is 4.11. The van der Waals surface area contributed by atoms with Gasteiger partial charge in [0.1, 0.15) is 5.69 Å². The quantitative estimate of drug-likeness (QED) is 0.381. The fourth-order valence-electron chi connectivity index (χ4n) is 1.60. The van der Waals surface area contributed by atoms with Gasteiger partial charge in [-0.05, 0) is 11.5 Å². The lowest BCUT2D eigenvalue weighted by Gasteiger charge is -2.08. The van der Waals surface area contributed by atoms with E-state index in [0.717, 1.165) is 17.4 Å². The highest BCUT2D eigenvalue weighted by Crippen LogP contribution is 2.43. The third-order valence-corrected chi connectivity index (χ3v) is 2.93. The van der Waals surface area contributed by atoms with E-state index in [1.54, 1.807) is 12.1 Å². The third kappa shape index (κ3) is 2.44. The molecular weight excluding hydrogens is 256 g/mol. The van der Waals surface area contributed by atoms with Gasteiger partial charge in [0.25, 0.3) is 0 Å². The van der Waals surface area contributed by atoms with Gasteiger partial charge >= 0.3 is 0 Å². The first-order valence-electron chi connectivity index (χ1n) is 4.97. The number of phenolic OH excluding ortho intramolecular Hbond substituents is 1. The Labute approximate surface area is 107 Å². The molecule has 2 rings (SSSR count). The van der Waals surface area contributed by atoms with Gasteiger partial charge in [0.05, 0.1) is 16.9 Å². The van der Waals surface area contributed by atoms with Gasteiger partial charge in [0.2, 0.25) is 0 Å². The van der Waals surface area contributed by atoms with Crippen molar-refractivity contribution in [1.29, 1.82) is 0 Å². The summed E-state index contributed by atoms with van der Waals surface area (Å²) in [6, 6.07) is 9.03. The van der Waals surface area contributed by atoms with Gasteiger partial charge in [0, 0.05) is 12.4 Å². The predicted octanol–water partition coefficient (Wildman–Crippen LogP) is 3.69. The third-order valence-electron chi connectivity index (χ3n) is 2.31. The number of hydrogen-bond donors (Lipinski definition) is 2. The highest BCUT2D eigenvalue weighted by Gasteiger charge is 2.14. The average molecular weight is 266 g/mol. The molecule has 0 aliphatic carbocycles. The number of rotatable bonds is 4. The summed E-state index contributed by atoms with van der Waals surface area (Å²) in [5.74, 6) is 0.00254. The zero-order valence-corrected chi connectivity index (χ0v) is 10.2. The molecule has 0 heterocycles. The maximum atomic E-state index is 10.1. The van der Waals surface area contributed by atoms with Crippen LogP contribution in [-0.4, -0.2) is 17.4 Å². The summed E-state index contributed by atoms with van der Waals surface area (Å²) in [5, 5.41) is 30.8. The van der Waals surface area contributed by atoms with Crippen molar-refractivity contribution in [2.75, 3.05) is 7.05 Å². The van der Waals surface area contributed by atoms with E-state index in [4.69, 9.17) is 5.26 Å². The lowest BCUT2D eigenvalue weighted by Crippen LogP contribution is -1.83. The largest absolute Gasteiger partial charge is 0.505 e. The van der Waals surface area contributed by atoms with Crippen LogP contribution in [0.5, 0.6) is 5.75 Å². The molecule has 0 saturated carbocycles. The first-order valence-corrected chi connectivity index (χ1v) is 5.71. The Morgan fingerprint density at radius 3 is 2.78 bits per heavy atom. The highest BCUT2D eigenvalue weighted by molar-refractivity contribution is 7.94. The van der Waals surface area contributed by atoms with Crippen molar-refractivity contribution < 1.29 is 19.7 Å². The summed E-state index contributed by atoms with van der Waals surface area (Å²) >= 11 is 0.730. The van der Waals surface area contributed by atoms with Crippen LogP contribution in [0.2, 0.25) is 0 Å². The second kappa shape index (κ2) is 5.78. The van der Waals surface area contributed by atoms with E-state index in [9.17, 15) is 5.11 Å². The molecule has 0 atom stereocenters. The molecule has 2 aromatic carbocycles. The fourth-order valence-corrected chi connectivity index (χ4v) is 2.10. The number of azo groups is 1. The summed E-state index contributed by atoms with van der Waals surface area (Å²) in [5.41, 5.74) is 0.262. The van der Waals surface area contributed by atoms with Crippen LogP contribution in [-0.2, 0) is 9.37 Å². The Morgan fingerprint density at radius 2 is 2.06 bits per heavy atom. The number of nitrogens with zero attached hydrogens (tertiary/aromatic N) is 2. The molecule has 94 valence electrons. The minimum Gasteiger partial charge on any atom is -0.505 e. The smallest absolute Gasteiger partial charge is 0.152 e. The second-order valence-electron chi connectivity index (χ2n) is 3.32. The van der Waals surface area contributed by atoms with Crippen LogP contribution in [0.1, 0.15) is 0 Å². The van der Waals surface area contributed by atoms with Gasteiger partial charge in [-0.3, -0.25) is 0 Å². The topological polar surface area (TPSA) is 83.6 Å². The van der Waals surface area contributed by atoms with Crippen LogP contribution in [0, 0.1) is 0 Å². The van der Waals surface area contributed by atoms with E-state index in [1.807, 2.05) is 18.2 Å². The fraction of sp³-hybridized carbons (Fsp3) is 0.0909. The van der Waals surface area contributed by atoms with E-state index in [0.29, 0.717) is 10.3 Å². The molecular formula is C11H10N2O4S. The molecule has 2 aromatic rings. The molecule has 0 aromatic heterocycles. The first kappa shape index (κ1) is 12.8. The zero-order chi connectivity index (χ0) is 13.0. The van der Waals surface area contributed by atoms with Crippen molar-refractivity contribution in [3.05, 3.63) is 30.3 Å². The average Bonchev–Trinajstić information content (AvgIpc) is 2.40. The molecule has 0 bridgehead atoms. The van der Waals surface area contributed by atoms with Crippen molar-refractivity contribution in [3.8, 4) is 5.75 Å². The summed E-state index contributed by atoms with van der Waals surface area (Å²) < 4.78 is 4.37. The van der Waals surface area contributed by atoms with Crippen molar-refractivity contribution in [2.24, 2.45) is 10.2 Å². The molecule has 0 spiro atoms. The molecule has 7 heteroatoms.